The quantitative estimate of drug-likeness (QED) is 0.688. The Morgan fingerprint density at radius 3 is 2.08 bits per heavy atom. The number of nitrogen functional groups attached to an aromatic ring is 1. The van der Waals surface area contributed by atoms with Crippen LogP contribution in [0.3, 0.4) is 0 Å². The molecule has 2 N–H and O–H groups in total. The van der Waals surface area contributed by atoms with Gasteiger partial charge in [0.05, 0.1) is 10.6 Å². The number of amides is 1. The molecule has 0 radical (unpaired) electrons. The fourth-order valence-electron chi connectivity index (χ4n) is 3.18. The van der Waals surface area contributed by atoms with Gasteiger partial charge in [0.1, 0.15) is 0 Å². The van der Waals surface area contributed by atoms with Gasteiger partial charge in [-0.2, -0.15) is 0 Å². The molecule has 136 valence electrons. The zero-order chi connectivity index (χ0) is 18.4. The Morgan fingerprint density at radius 1 is 1.00 bits per heavy atom. The molecule has 0 saturated heterocycles. The minimum atomic E-state index is 0.0757. The van der Waals surface area contributed by atoms with E-state index in [1.165, 1.54) is 10.4 Å². The van der Waals surface area contributed by atoms with E-state index < -0.39 is 0 Å². The zero-order valence-electron chi connectivity index (χ0n) is 15.9. The molecule has 0 aliphatic heterocycles. The van der Waals surface area contributed by atoms with Crippen molar-refractivity contribution in [1.82, 2.24) is 4.90 Å². The number of nitrogens with zero attached hydrogens (tertiary/aromatic N) is 1. The Morgan fingerprint density at radius 2 is 1.60 bits per heavy atom. The molecule has 2 rings (SSSR count). The zero-order valence-corrected chi connectivity index (χ0v) is 16.7. The summed E-state index contributed by atoms with van der Waals surface area (Å²) in [6.07, 6.45) is 3.81. The first kappa shape index (κ1) is 19.5. The lowest BCUT2D eigenvalue weighted by Crippen LogP contribution is -2.33. The summed E-state index contributed by atoms with van der Waals surface area (Å²) in [5.41, 5.74) is 10.4. The highest BCUT2D eigenvalue weighted by molar-refractivity contribution is 7.17. The molecule has 0 bridgehead atoms. The number of rotatable bonds is 8. The summed E-state index contributed by atoms with van der Waals surface area (Å²) in [7, 11) is 0. The molecule has 0 spiro atoms. The van der Waals surface area contributed by atoms with Gasteiger partial charge in [0.25, 0.3) is 5.91 Å². The van der Waals surface area contributed by atoms with Crippen molar-refractivity contribution >= 4 is 22.2 Å². The van der Waals surface area contributed by atoms with Crippen molar-refractivity contribution in [2.24, 2.45) is 0 Å². The lowest BCUT2D eigenvalue weighted by atomic mass is 9.97. The van der Waals surface area contributed by atoms with Gasteiger partial charge >= 0.3 is 0 Å². The summed E-state index contributed by atoms with van der Waals surface area (Å²) in [5.74, 6) is 0.0757. The van der Waals surface area contributed by atoms with Crippen molar-refractivity contribution in [2.75, 3.05) is 18.8 Å². The van der Waals surface area contributed by atoms with Crippen LogP contribution in [-0.2, 0) is 12.8 Å². The SMILES string of the molecule is CCCN(CCC)C(=O)c1c(N)sc(CC)c1-c1ccc(CC)cc1. The average Bonchev–Trinajstić information content (AvgIpc) is 2.97. The number of aryl methyl sites for hydroxylation is 2. The normalized spacial score (nSPS) is 10.9. The van der Waals surface area contributed by atoms with E-state index in [0.29, 0.717) is 10.6 Å². The number of anilines is 1. The molecule has 0 unspecified atom stereocenters. The third-order valence-electron chi connectivity index (χ3n) is 4.47. The van der Waals surface area contributed by atoms with Crippen molar-refractivity contribution in [3.05, 3.63) is 40.3 Å². The van der Waals surface area contributed by atoms with Crippen LogP contribution in [-0.4, -0.2) is 23.9 Å². The van der Waals surface area contributed by atoms with Crippen molar-refractivity contribution < 1.29 is 4.79 Å². The van der Waals surface area contributed by atoms with Crippen LogP contribution in [0, 0.1) is 0 Å². The molecular weight excluding hydrogens is 328 g/mol. The number of benzene rings is 1. The lowest BCUT2D eigenvalue weighted by molar-refractivity contribution is 0.0758. The second-order valence-electron chi connectivity index (χ2n) is 6.34. The molecule has 0 atom stereocenters. The number of nitrogens with two attached hydrogens (primary N) is 1. The van der Waals surface area contributed by atoms with Crippen molar-refractivity contribution in [3.63, 3.8) is 0 Å². The van der Waals surface area contributed by atoms with E-state index in [0.717, 1.165) is 49.9 Å². The van der Waals surface area contributed by atoms with Crippen LogP contribution in [0.5, 0.6) is 0 Å². The highest BCUT2D eigenvalue weighted by atomic mass is 32.1. The molecule has 1 amide bonds. The fraction of sp³-hybridized carbons (Fsp3) is 0.476. The Balaban J connectivity index is 2.53. The molecule has 3 nitrogen and oxygen atoms in total. The number of carbonyl (C=O) groups is 1. The third kappa shape index (κ3) is 4.24. The third-order valence-corrected chi connectivity index (χ3v) is 5.63. The van der Waals surface area contributed by atoms with Gasteiger partial charge in [-0.3, -0.25) is 4.79 Å². The smallest absolute Gasteiger partial charge is 0.257 e. The Kier molecular flexibility index (Phi) is 7.06. The van der Waals surface area contributed by atoms with E-state index in [-0.39, 0.29) is 5.91 Å². The maximum absolute atomic E-state index is 13.2. The summed E-state index contributed by atoms with van der Waals surface area (Å²) in [5, 5.41) is 0.647. The maximum atomic E-state index is 13.2. The first-order valence-corrected chi connectivity index (χ1v) is 10.2. The summed E-state index contributed by atoms with van der Waals surface area (Å²) >= 11 is 1.56. The van der Waals surface area contributed by atoms with Crippen LogP contribution in [0.1, 0.15) is 61.3 Å². The molecular formula is C21H30N2OS. The van der Waals surface area contributed by atoms with Crippen LogP contribution >= 0.6 is 11.3 Å². The summed E-state index contributed by atoms with van der Waals surface area (Å²) < 4.78 is 0. The number of hydrogen-bond donors (Lipinski definition) is 1. The lowest BCUT2D eigenvalue weighted by Gasteiger charge is -2.22. The van der Waals surface area contributed by atoms with E-state index in [2.05, 4.69) is 52.0 Å². The Labute approximate surface area is 155 Å². The van der Waals surface area contributed by atoms with E-state index in [1.54, 1.807) is 11.3 Å². The van der Waals surface area contributed by atoms with Crippen molar-refractivity contribution in [1.29, 1.82) is 0 Å². The predicted molar refractivity (Wildman–Crippen MR) is 109 cm³/mol. The summed E-state index contributed by atoms with van der Waals surface area (Å²) in [6.45, 7) is 10.0. The number of hydrogen-bond acceptors (Lipinski definition) is 3. The van der Waals surface area contributed by atoms with Crippen LogP contribution in [0.2, 0.25) is 0 Å². The van der Waals surface area contributed by atoms with Gasteiger partial charge in [-0.05, 0) is 36.8 Å². The van der Waals surface area contributed by atoms with Crippen LogP contribution in [0.15, 0.2) is 24.3 Å². The minimum absolute atomic E-state index is 0.0757. The summed E-state index contributed by atoms with van der Waals surface area (Å²) in [6, 6.07) is 8.54. The van der Waals surface area contributed by atoms with Gasteiger partial charge in [-0.1, -0.05) is 52.0 Å². The molecule has 25 heavy (non-hydrogen) atoms. The molecule has 2 aromatic rings. The minimum Gasteiger partial charge on any atom is -0.390 e. The molecule has 0 aliphatic rings. The molecule has 1 heterocycles. The van der Waals surface area contributed by atoms with Crippen LogP contribution in [0.4, 0.5) is 5.00 Å². The number of carbonyl (C=O) groups excluding carboxylic acids is 1. The monoisotopic (exact) mass is 358 g/mol. The highest BCUT2D eigenvalue weighted by Gasteiger charge is 2.26. The molecule has 0 aliphatic carbocycles. The van der Waals surface area contributed by atoms with E-state index in [9.17, 15) is 4.79 Å². The van der Waals surface area contributed by atoms with Crippen LogP contribution in [0.25, 0.3) is 11.1 Å². The average molecular weight is 359 g/mol. The largest absolute Gasteiger partial charge is 0.390 e. The topological polar surface area (TPSA) is 46.3 Å². The van der Waals surface area contributed by atoms with Gasteiger partial charge in [0.2, 0.25) is 0 Å². The molecule has 1 aromatic carbocycles. The Hall–Kier alpha value is -1.81. The van der Waals surface area contributed by atoms with E-state index >= 15 is 0 Å². The van der Waals surface area contributed by atoms with Gasteiger partial charge < -0.3 is 10.6 Å². The second-order valence-corrected chi connectivity index (χ2v) is 7.47. The standard InChI is InChI=1S/C21H30N2OS/c1-5-13-23(14-6-2)21(24)19-18(17(8-4)25-20(19)22)16-11-9-15(7-3)10-12-16/h9-12H,5-8,13-14,22H2,1-4H3. The first-order valence-electron chi connectivity index (χ1n) is 9.36. The molecule has 1 aromatic heterocycles. The predicted octanol–water partition coefficient (Wildman–Crippen LogP) is 5.38. The van der Waals surface area contributed by atoms with Crippen molar-refractivity contribution in [2.45, 2.75) is 53.4 Å². The summed E-state index contributed by atoms with van der Waals surface area (Å²) in [4.78, 5) is 16.4. The van der Waals surface area contributed by atoms with Gasteiger partial charge in [0, 0.05) is 23.5 Å². The van der Waals surface area contributed by atoms with Gasteiger partial charge in [0.15, 0.2) is 0 Å². The van der Waals surface area contributed by atoms with Crippen molar-refractivity contribution in [3.8, 4) is 11.1 Å². The van der Waals surface area contributed by atoms with Gasteiger partial charge in [-0.15, -0.1) is 11.3 Å². The molecule has 0 fully saturated rings. The fourth-order valence-corrected chi connectivity index (χ4v) is 4.21. The molecule has 4 heteroatoms. The van der Waals surface area contributed by atoms with E-state index in [4.69, 9.17) is 5.73 Å². The number of thiophene rings is 1. The maximum Gasteiger partial charge on any atom is 0.257 e. The van der Waals surface area contributed by atoms with Crippen LogP contribution < -0.4 is 5.73 Å². The Bertz CT molecular complexity index is 697. The second kappa shape index (κ2) is 9.04. The van der Waals surface area contributed by atoms with Gasteiger partial charge in [-0.25, -0.2) is 0 Å². The van der Waals surface area contributed by atoms with E-state index in [1.807, 2.05) is 4.90 Å². The first-order chi connectivity index (χ1) is 12.1. The highest BCUT2D eigenvalue weighted by Crippen LogP contribution is 2.40. The molecule has 0 saturated carbocycles.